The van der Waals surface area contributed by atoms with Crippen molar-refractivity contribution in [2.24, 2.45) is 39.9 Å². The molecule has 0 aromatic rings. The quantitative estimate of drug-likeness (QED) is 0.477. The van der Waals surface area contributed by atoms with Crippen LogP contribution in [-0.2, 0) is 0 Å². The van der Waals surface area contributed by atoms with Gasteiger partial charge in [0.15, 0.2) is 0 Å². The van der Waals surface area contributed by atoms with Gasteiger partial charge < -0.3 is 0 Å². The molecule has 0 bridgehead atoms. The van der Waals surface area contributed by atoms with Gasteiger partial charge in [0.05, 0.1) is 0 Å². The molecule has 0 spiro atoms. The van der Waals surface area contributed by atoms with Crippen LogP contribution in [0.5, 0.6) is 0 Å². The van der Waals surface area contributed by atoms with Crippen LogP contribution in [0.15, 0.2) is 0 Å². The van der Waals surface area contributed by atoms with Crippen LogP contribution in [0.3, 0.4) is 0 Å². The van der Waals surface area contributed by atoms with Crippen molar-refractivity contribution in [3.63, 3.8) is 0 Å². The predicted octanol–water partition coefficient (Wildman–Crippen LogP) is 6.06. The fourth-order valence-electron chi connectivity index (χ4n) is 7.88. The van der Waals surface area contributed by atoms with Gasteiger partial charge in [-0.15, -0.1) is 12.3 Å². The highest BCUT2D eigenvalue weighted by Crippen LogP contribution is 2.70. The summed E-state index contributed by atoms with van der Waals surface area (Å²) >= 11 is 0. The third-order valence-electron chi connectivity index (χ3n) is 9.54. The fraction of sp³-hybridized carbons (Fsp3) is 0.909. The second kappa shape index (κ2) is 4.78. The number of fused-ring (bicyclic) bond motifs is 5. The summed E-state index contributed by atoms with van der Waals surface area (Å²) in [6, 6.07) is 0. The molecular weight excluding hydrogens is 264 g/mol. The Bertz CT molecular complexity index is 499. The van der Waals surface area contributed by atoms with Crippen molar-refractivity contribution in [3.8, 4) is 12.3 Å². The Kier molecular flexibility index (Phi) is 3.28. The molecule has 0 heterocycles. The van der Waals surface area contributed by atoms with Crippen molar-refractivity contribution >= 4 is 0 Å². The molecule has 0 aliphatic heterocycles. The molecule has 0 amide bonds. The van der Waals surface area contributed by atoms with Gasteiger partial charge in [-0.05, 0) is 85.4 Å². The van der Waals surface area contributed by atoms with Gasteiger partial charge in [0.1, 0.15) is 0 Å². The maximum atomic E-state index is 5.90. The zero-order valence-electron chi connectivity index (χ0n) is 15.0. The smallest absolute Gasteiger partial charge is 0.0256 e. The van der Waals surface area contributed by atoms with Gasteiger partial charge in [-0.2, -0.15) is 0 Å². The Morgan fingerprint density at radius 1 is 0.818 bits per heavy atom. The first-order valence-electron chi connectivity index (χ1n) is 9.91. The van der Waals surface area contributed by atoms with E-state index in [4.69, 9.17) is 6.42 Å². The van der Waals surface area contributed by atoms with Crippen molar-refractivity contribution < 1.29 is 0 Å². The topological polar surface area (TPSA) is 0 Å². The van der Waals surface area contributed by atoms with E-state index in [-0.39, 0.29) is 0 Å². The first-order valence-corrected chi connectivity index (χ1v) is 9.91. The Hall–Kier alpha value is -0.440. The van der Waals surface area contributed by atoms with Crippen molar-refractivity contribution in [2.45, 2.75) is 85.0 Å². The molecule has 0 heteroatoms. The van der Waals surface area contributed by atoms with Crippen LogP contribution >= 0.6 is 0 Å². The number of rotatable bonds is 0. The number of terminal acetylenes is 1. The minimum atomic E-state index is 0.467. The molecule has 7 atom stereocenters. The molecule has 0 nitrogen and oxygen atoms in total. The van der Waals surface area contributed by atoms with Gasteiger partial charge >= 0.3 is 0 Å². The van der Waals surface area contributed by atoms with E-state index in [2.05, 4.69) is 26.7 Å². The highest BCUT2D eigenvalue weighted by molar-refractivity contribution is 5.15. The van der Waals surface area contributed by atoms with Gasteiger partial charge in [-0.1, -0.05) is 33.6 Å². The third kappa shape index (κ3) is 1.72. The first kappa shape index (κ1) is 15.1. The molecule has 0 aromatic carbocycles. The minimum Gasteiger partial charge on any atom is -0.120 e. The molecule has 4 fully saturated rings. The summed E-state index contributed by atoms with van der Waals surface area (Å²) in [7, 11) is 0. The maximum absolute atomic E-state index is 5.90. The van der Waals surface area contributed by atoms with Crippen LogP contribution in [0.25, 0.3) is 0 Å². The Morgan fingerprint density at radius 2 is 1.59 bits per heavy atom. The second-order valence-electron chi connectivity index (χ2n) is 9.94. The van der Waals surface area contributed by atoms with Crippen LogP contribution in [0.4, 0.5) is 0 Å². The van der Waals surface area contributed by atoms with Gasteiger partial charge in [-0.25, -0.2) is 0 Å². The van der Waals surface area contributed by atoms with Gasteiger partial charge in [-0.3, -0.25) is 0 Å². The first-order chi connectivity index (χ1) is 10.4. The Labute approximate surface area is 137 Å². The average molecular weight is 299 g/mol. The fourth-order valence-corrected chi connectivity index (χ4v) is 7.88. The summed E-state index contributed by atoms with van der Waals surface area (Å²) in [5.74, 6) is 6.63. The lowest BCUT2D eigenvalue weighted by atomic mass is 9.40. The Morgan fingerprint density at radius 3 is 2.36 bits per heavy atom. The van der Waals surface area contributed by atoms with E-state index in [9.17, 15) is 0 Å². The van der Waals surface area contributed by atoms with Crippen LogP contribution in [-0.4, -0.2) is 0 Å². The van der Waals surface area contributed by atoms with E-state index in [0.29, 0.717) is 22.2 Å². The van der Waals surface area contributed by atoms with E-state index >= 15 is 0 Å². The van der Waals surface area contributed by atoms with Crippen LogP contribution in [0, 0.1) is 52.3 Å². The summed E-state index contributed by atoms with van der Waals surface area (Å²) in [6.07, 6.45) is 20.4. The monoisotopic (exact) mass is 298 g/mol. The number of hydrogen-bond acceptors (Lipinski definition) is 0. The lowest BCUT2D eigenvalue weighted by Gasteiger charge is -2.64. The zero-order valence-corrected chi connectivity index (χ0v) is 15.0. The molecule has 7 unspecified atom stereocenters. The lowest BCUT2D eigenvalue weighted by molar-refractivity contribution is -0.150. The highest BCUT2D eigenvalue weighted by Gasteiger charge is 2.62. The summed E-state index contributed by atoms with van der Waals surface area (Å²) in [4.78, 5) is 0. The Balaban J connectivity index is 1.68. The van der Waals surface area contributed by atoms with E-state index in [0.717, 1.165) is 17.8 Å². The van der Waals surface area contributed by atoms with Crippen molar-refractivity contribution in [2.75, 3.05) is 0 Å². The average Bonchev–Trinajstić information content (AvgIpc) is 2.84. The second-order valence-corrected chi connectivity index (χ2v) is 9.94. The van der Waals surface area contributed by atoms with E-state index in [1.165, 1.54) is 64.2 Å². The van der Waals surface area contributed by atoms with Crippen LogP contribution < -0.4 is 0 Å². The van der Waals surface area contributed by atoms with Gasteiger partial charge in [0.2, 0.25) is 0 Å². The molecule has 0 N–H and O–H groups in total. The molecule has 0 saturated heterocycles. The van der Waals surface area contributed by atoms with Crippen molar-refractivity contribution in [3.05, 3.63) is 0 Å². The summed E-state index contributed by atoms with van der Waals surface area (Å²) in [6.45, 7) is 7.86. The molecule has 4 rings (SSSR count). The lowest BCUT2D eigenvalue weighted by Crippen LogP contribution is -2.56. The van der Waals surface area contributed by atoms with E-state index < -0.39 is 0 Å². The van der Waals surface area contributed by atoms with Gasteiger partial charge in [0, 0.05) is 5.92 Å². The maximum Gasteiger partial charge on any atom is 0.0256 e. The van der Waals surface area contributed by atoms with E-state index in [1.807, 2.05) is 0 Å². The molecule has 22 heavy (non-hydrogen) atoms. The minimum absolute atomic E-state index is 0.467. The molecule has 4 saturated carbocycles. The predicted molar refractivity (Wildman–Crippen MR) is 93.3 cm³/mol. The highest BCUT2D eigenvalue weighted by atomic mass is 14.7. The van der Waals surface area contributed by atoms with Gasteiger partial charge in [0.25, 0.3) is 0 Å². The SMILES string of the molecule is C#CC1CCC2C3CCC4(C)CCCCC4(C)C3CCC12C. The molecule has 0 radical (unpaired) electrons. The zero-order chi connectivity index (χ0) is 15.6. The largest absolute Gasteiger partial charge is 0.120 e. The van der Waals surface area contributed by atoms with Crippen molar-refractivity contribution in [1.82, 2.24) is 0 Å². The molecule has 4 aliphatic rings. The third-order valence-corrected chi connectivity index (χ3v) is 9.54. The van der Waals surface area contributed by atoms with Crippen LogP contribution in [0.2, 0.25) is 0 Å². The van der Waals surface area contributed by atoms with Crippen molar-refractivity contribution in [1.29, 1.82) is 0 Å². The molecule has 0 aromatic heterocycles. The standard InChI is InChI=1S/C22H34/c1-5-16-8-9-18-17-10-14-20(2)12-6-7-13-22(20,4)19(17)11-15-21(16,18)3/h1,16-19H,6-15H2,2-4H3. The molecule has 122 valence electrons. The summed E-state index contributed by atoms with van der Waals surface area (Å²) < 4.78 is 0. The van der Waals surface area contributed by atoms with Crippen LogP contribution in [0.1, 0.15) is 85.0 Å². The normalized spacial score (nSPS) is 57.4. The molecule has 4 aliphatic carbocycles. The molecular formula is C22H34. The summed E-state index contributed by atoms with van der Waals surface area (Å²) in [5, 5.41) is 0. The van der Waals surface area contributed by atoms with E-state index in [1.54, 1.807) is 0 Å². The summed E-state index contributed by atoms with van der Waals surface area (Å²) in [5.41, 5.74) is 1.71. The number of hydrogen-bond donors (Lipinski definition) is 0.